The van der Waals surface area contributed by atoms with Gasteiger partial charge in [0, 0.05) is 25.7 Å². The van der Waals surface area contributed by atoms with Gasteiger partial charge < -0.3 is 48.5 Å². The molecule has 4 fully saturated rings. The third-order valence-electron chi connectivity index (χ3n) is 14.0. The predicted molar refractivity (Wildman–Crippen MR) is 226 cm³/mol. The van der Waals surface area contributed by atoms with Crippen molar-refractivity contribution in [1.29, 1.82) is 0 Å². The Labute approximate surface area is 377 Å². The van der Waals surface area contributed by atoms with E-state index in [2.05, 4.69) is 0 Å². The van der Waals surface area contributed by atoms with Gasteiger partial charge in [-0.25, -0.2) is 14.4 Å². The van der Waals surface area contributed by atoms with Gasteiger partial charge in [0.1, 0.15) is 47.4 Å². The molecule has 0 aromatic heterocycles. The molecule has 0 radical (unpaired) electrons. The minimum atomic E-state index is -2.45. The lowest BCUT2D eigenvalue weighted by atomic mass is 9.44. The van der Waals surface area contributed by atoms with E-state index in [0.29, 0.717) is 5.56 Å². The van der Waals surface area contributed by atoms with Crippen molar-refractivity contribution < 1.29 is 77.2 Å². The smallest absolute Gasteiger partial charge is 0.413 e. The van der Waals surface area contributed by atoms with Crippen molar-refractivity contribution in [3.05, 3.63) is 82.9 Å². The van der Waals surface area contributed by atoms with Crippen LogP contribution in [0.3, 0.4) is 0 Å². The molecule has 7 rings (SSSR count). The number of ether oxygens (including phenoxy) is 7. The molecule has 2 bridgehead atoms. The summed E-state index contributed by atoms with van der Waals surface area (Å²) in [6.45, 7) is 15.9. The number of esters is 4. The SMILES string of the molecule is CC(=O)O[C@H]1C(=O)[C@@]2(C)C([C@H](OC(=O)c3ccccc3)[C@]3(O)C[C@H](OC(=O)C4OC(C)(C)N(C(=O)OC(C)(C)C)C4c4ccccc4)C(C)=C1C3(C)C)[C@]1(OC(C)=O)CO[C@@H]1[C@@H](O)[C@H]2O. The Bertz CT molecular complexity index is 2290. The number of carbonyl (C=O) groups is 6. The molecule has 1 amide bonds. The molecule has 2 saturated carbocycles. The molecule has 5 aliphatic rings. The van der Waals surface area contributed by atoms with Crippen LogP contribution in [-0.2, 0) is 52.3 Å². The van der Waals surface area contributed by atoms with Gasteiger partial charge in [0.15, 0.2) is 23.6 Å². The topological polar surface area (TPSA) is 231 Å². The van der Waals surface area contributed by atoms with Gasteiger partial charge in [-0.15, -0.1) is 0 Å². The molecule has 352 valence electrons. The van der Waals surface area contributed by atoms with E-state index in [9.17, 15) is 39.3 Å². The van der Waals surface area contributed by atoms with E-state index >= 15 is 4.79 Å². The third kappa shape index (κ3) is 7.62. The lowest BCUT2D eigenvalue weighted by molar-refractivity contribution is -0.369. The average molecular weight is 906 g/mol. The molecule has 3 aliphatic carbocycles. The summed E-state index contributed by atoms with van der Waals surface area (Å²) in [6, 6.07) is 15.3. The van der Waals surface area contributed by atoms with Crippen LogP contribution in [0.1, 0.15) is 105 Å². The fourth-order valence-electron chi connectivity index (χ4n) is 11.0. The molecular formula is C48H59NO16. The van der Waals surface area contributed by atoms with Crippen molar-refractivity contribution >= 4 is 35.8 Å². The molecule has 3 N–H and O–H groups in total. The summed E-state index contributed by atoms with van der Waals surface area (Å²) in [6.07, 6.45) is -13.5. The zero-order valence-corrected chi connectivity index (χ0v) is 38.5. The van der Waals surface area contributed by atoms with E-state index in [1.807, 2.05) is 0 Å². The molecule has 2 heterocycles. The number of nitrogens with zero attached hydrogens (tertiary/aromatic N) is 1. The highest BCUT2D eigenvalue weighted by atomic mass is 16.6. The quantitative estimate of drug-likeness (QED) is 0.200. The van der Waals surface area contributed by atoms with Crippen LogP contribution in [0.25, 0.3) is 0 Å². The van der Waals surface area contributed by atoms with Crippen molar-refractivity contribution in [3.8, 4) is 0 Å². The van der Waals surface area contributed by atoms with E-state index in [-0.39, 0.29) is 16.7 Å². The van der Waals surface area contributed by atoms with Crippen LogP contribution in [0.15, 0.2) is 71.8 Å². The van der Waals surface area contributed by atoms with Crippen LogP contribution in [-0.4, -0.2) is 128 Å². The molecule has 2 aromatic rings. The predicted octanol–water partition coefficient (Wildman–Crippen LogP) is 4.29. The fraction of sp³-hybridized carbons (Fsp3) is 0.583. The molecule has 17 nitrogen and oxygen atoms in total. The minimum absolute atomic E-state index is 0.0364. The number of ketones is 1. The summed E-state index contributed by atoms with van der Waals surface area (Å²) in [5.41, 5.74) is -10.2. The highest BCUT2D eigenvalue weighted by Gasteiger charge is 2.80. The molecule has 17 heteroatoms. The van der Waals surface area contributed by atoms with Crippen LogP contribution < -0.4 is 0 Å². The summed E-state index contributed by atoms with van der Waals surface area (Å²) in [5, 5.41) is 37.6. The Kier molecular flexibility index (Phi) is 12.0. The number of hydrogen-bond acceptors (Lipinski definition) is 16. The number of carbonyl (C=O) groups excluding carboxylic acids is 6. The Morgan fingerprint density at radius 2 is 1.45 bits per heavy atom. The highest BCUT2D eigenvalue weighted by Crippen LogP contribution is 2.64. The van der Waals surface area contributed by atoms with Crippen molar-refractivity contribution in [1.82, 2.24) is 4.90 Å². The maximum atomic E-state index is 15.6. The number of fused-ring (bicyclic) bond motifs is 5. The first kappa shape index (κ1) is 47.8. The highest BCUT2D eigenvalue weighted by molar-refractivity contribution is 5.96. The molecule has 0 spiro atoms. The normalized spacial score (nSPS) is 35.8. The lowest BCUT2D eigenvalue weighted by Gasteiger charge is -2.68. The van der Waals surface area contributed by atoms with Gasteiger partial charge in [-0.2, -0.15) is 0 Å². The zero-order chi connectivity index (χ0) is 48.0. The monoisotopic (exact) mass is 905 g/mol. The second-order valence-corrected chi connectivity index (χ2v) is 20.0. The van der Waals surface area contributed by atoms with Crippen LogP contribution in [0, 0.1) is 16.7 Å². The Morgan fingerprint density at radius 1 is 0.846 bits per heavy atom. The first-order chi connectivity index (χ1) is 30.1. The second kappa shape index (κ2) is 16.3. The van der Waals surface area contributed by atoms with Gasteiger partial charge in [-0.1, -0.05) is 62.4 Å². The van der Waals surface area contributed by atoms with Crippen molar-refractivity contribution in [2.24, 2.45) is 16.7 Å². The van der Waals surface area contributed by atoms with Crippen LogP contribution >= 0.6 is 0 Å². The number of hydrogen-bond donors (Lipinski definition) is 3. The lowest BCUT2D eigenvalue weighted by Crippen LogP contribution is -2.85. The van der Waals surface area contributed by atoms with E-state index in [4.69, 9.17) is 33.2 Å². The van der Waals surface area contributed by atoms with Gasteiger partial charge in [0.05, 0.1) is 29.6 Å². The van der Waals surface area contributed by atoms with Crippen molar-refractivity contribution in [2.75, 3.05) is 6.61 Å². The molecular weight excluding hydrogens is 847 g/mol. The number of Topliss-reactive ketones (excluding diaryl/α,β-unsaturated/α-hetero) is 1. The van der Waals surface area contributed by atoms with E-state index in [1.54, 1.807) is 97.0 Å². The largest absolute Gasteiger partial charge is 0.456 e. The summed E-state index contributed by atoms with van der Waals surface area (Å²) in [4.78, 5) is 86.4. The van der Waals surface area contributed by atoms with Gasteiger partial charge >= 0.3 is 30.0 Å². The number of aliphatic hydroxyl groups is 3. The molecule has 2 aromatic carbocycles. The summed E-state index contributed by atoms with van der Waals surface area (Å²) in [7, 11) is 0. The van der Waals surface area contributed by atoms with Gasteiger partial charge in [0.25, 0.3) is 0 Å². The third-order valence-corrected chi connectivity index (χ3v) is 14.0. The number of rotatable bonds is 7. The first-order valence-corrected chi connectivity index (χ1v) is 21.7. The average Bonchev–Trinajstić information content (AvgIpc) is 3.50. The summed E-state index contributed by atoms with van der Waals surface area (Å²) >= 11 is 0. The summed E-state index contributed by atoms with van der Waals surface area (Å²) in [5.74, 6) is -6.48. The number of amides is 1. The number of benzene rings is 2. The summed E-state index contributed by atoms with van der Waals surface area (Å²) < 4.78 is 42.6. The van der Waals surface area contributed by atoms with Gasteiger partial charge in [-0.05, 0) is 77.3 Å². The Morgan fingerprint density at radius 3 is 1.98 bits per heavy atom. The molecule has 2 aliphatic heterocycles. The van der Waals surface area contributed by atoms with Crippen molar-refractivity contribution in [3.63, 3.8) is 0 Å². The van der Waals surface area contributed by atoms with E-state index in [1.165, 1.54) is 30.9 Å². The van der Waals surface area contributed by atoms with Crippen LogP contribution in [0.5, 0.6) is 0 Å². The van der Waals surface area contributed by atoms with Crippen LogP contribution in [0.4, 0.5) is 4.79 Å². The van der Waals surface area contributed by atoms with Crippen LogP contribution in [0.2, 0.25) is 0 Å². The van der Waals surface area contributed by atoms with Crippen molar-refractivity contribution in [2.45, 2.75) is 154 Å². The fourth-order valence-corrected chi connectivity index (χ4v) is 11.0. The van der Waals surface area contributed by atoms with Gasteiger partial charge in [-0.3, -0.25) is 19.3 Å². The molecule has 3 unspecified atom stereocenters. The maximum absolute atomic E-state index is 15.6. The van der Waals surface area contributed by atoms with E-state index < -0.39 is 137 Å². The number of aliphatic hydroxyl groups excluding tert-OH is 2. The Balaban J connectivity index is 1.43. The zero-order valence-electron chi connectivity index (χ0n) is 38.5. The first-order valence-electron chi connectivity index (χ1n) is 21.7. The van der Waals surface area contributed by atoms with E-state index in [0.717, 1.165) is 13.8 Å². The standard InChI is InChI=1S/C48H59NO16/c1-24-29(61-41(56)34-31(27-18-14-12-15-19-27)49(45(9,10)64-34)42(57)65-43(4,5)6)22-48(58)39(62-40(55)28-20-16-13-17-21-28)35-46(11,37(54)33(60-25(2)50)30(24)44(48,7)8)36(53)32(52)38-47(35,23-59-38)63-26(3)51/h12-21,29,31-36,38-39,52-53,58H,22-23H2,1-11H3/t29-,31?,32-,33+,34?,35?,36+,38+,39-,46-,47+,48+/m0/s1. The molecule has 2 saturated heterocycles. The molecule has 65 heavy (non-hydrogen) atoms. The second-order valence-electron chi connectivity index (χ2n) is 20.0. The Hall–Kier alpha value is -5.20. The molecule has 12 atom stereocenters. The minimum Gasteiger partial charge on any atom is -0.456 e. The maximum Gasteiger partial charge on any atom is 0.413 e. The van der Waals surface area contributed by atoms with Gasteiger partial charge in [0.2, 0.25) is 0 Å².